The first-order valence-corrected chi connectivity index (χ1v) is 10.1. The first-order valence-electron chi connectivity index (χ1n) is 10.1. The van der Waals surface area contributed by atoms with E-state index in [0.29, 0.717) is 37.4 Å². The fraction of sp³-hybridized carbons (Fsp3) is 0.160. The van der Waals surface area contributed by atoms with Crippen LogP contribution >= 0.6 is 0 Å². The van der Waals surface area contributed by atoms with Crippen molar-refractivity contribution in [2.45, 2.75) is 19.6 Å². The van der Waals surface area contributed by atoms with Crippen molar-refractivity contribution in [3.05, 3.63) is 102 Å². The molecule has 1 aliphatic heterocycles. The Balaban J connectivity index is 1.28. The molecule has 2 aromatic carbocycles. The summed E-state index contributed by atoms with van der Waals surface area (Å²) in [5.74, 6) is 0.636. The second-order valence-corrected chi connectivity index (χ2v) is 7.37. The van der Waals surface area contributed by atoms with Gasteiger partial charge in [0.1, 0.15) is 12.4 Å². The summed E-state index contributed by atoms with van der Waals surface area (Å²) in [6, 6.07) is 23.7. The van der Waals surface area contributed by atoms with Crippen LogP contribution in [0.25, 0.3) is 10.9 Å². The van der Waals surface area contributed by atoms with Crippen molar-refractivity contribution in [1.29, 1.82) is 0 Å². The quantitative estimate of drug-likeness (QED) is 0.485. The SMILES string of the molecule is O=C1c2c(cccc2OCc2ccccn2)CN1CCc1ccc2ccccc2n1. The molecule has 30 heavy (non-hydrogen) atoms. The molecule has 0 radical (unpaired) electrons. The molecule has 5 rings (SSSR count). The Morgan fingerprint density at radius 1 is 0.900 bits per heavy atom. The van der Waals surface area contributed by atoms with Crippen molar-refractivity contribution < 1.29 is 9.53 Å². The Morgan fingerprint density at radius 2 is 1.80 bits per heavy atom. The molecule has 1 aliphatic rings. The summed E-state index contributed by atoms with van der Waals surface area (Å²) in [5, 5.41) is 1.13. The van der Waals surface area contributed by atoms with Crippen LogP contribution in [-0.2, 0) is 19.6 Å². The zero-order chi connectivity index (χ0) is 20.3. The number of hydrogen-bond donors (Lipinski definition) is 0. The van der Waals surface area contributed by atoms with Crippen LogP contribution in [0.4, 0.5) is 0 Å². The van der Waals surface area contributed by atoms with Crippen molar-refractivity contribution in [2.75, 3.05) is 6.54 Å². The van der Waals surface area contributed by atoms with Gasteiger partial charge in [0.2, 0.25) is 0 Å². The van der Waals surface area contributed by atoms with Gasteiger partial charge in [-0.3, -0.25) is 14.8 Å². The molecule has 0 saturated carbocycles. The van der Waals surface area contributed by atoms with Gasteiger partial charge in [-0.2, -0.15) is 0 Å². The zero-order valence-corrected chi connectivity index (χ0v) is 16.5. The number of carbonyl (C=O) groups excluding carboxylic acids is 1. The maximum Gasteiger partial charge on any atom is 0.258 e. The van der Waals surface area contributed by atoms with E-state index >= 15 is 0 Å². The van der Waals surface area contributed by atoms with Gasteiger partial charge in [-0.05, 0) is 35.9 Å². The topological polar surface area (TPSA) is 55.3 Å². The summed E-state index contributed by atoms with van der Waals surface area (Å²) in [4.78, 5) is 23.9. The largest absolute Gasteiger partial charge is 0.486 e. The zero-order valence-electron chi connectivity index (χ0n) is 16.5. The number of nitrogens with zero attached hydrogens (tertiary/aromatic N) is 3. The number of aromatic nitrogens is 2. The molecule has 0 fully saturated rings. The Morgan fingerprint density at radius 3 is 2.70 bits per heavy atom. The number of benzene rings is 2. The van der Waals surface area contributed by atoms with Gasteiger partial charge in [-0.1, -0.05) is 42.5 Å². The van der Waals surface area contributed by atoms with Crippen LogP contribution in [0.1, 0.15) is 27.3 Å². The standard InChI is InChI=1S/C25H21N3O2/c29-25-24-19(7-5-10-23(24)30-17-21-8-3-4-14-26-21)16-28(25)15-13-20-12-11-18-6-1-2-9-22(18)27-20/h1-12,14H,13,15-17H2. The molecule has 5 nitrogen and oxygen atoms in total. The van der Waals surface area contributed by atoms with Crippen molar-refractivity contribution in [2.24, 2.45) is 0 Å². The van der Waals surface area contributed by atoms with Crippen LogP contribution in [-0.4, -0.2) is 27.3 Å². The highest BCUT2D eigenvalue weighted by Gasteiger charge is 2.30. The van der Waals surface area contributed by atoms with Crippen LogP contribution in [0.15, 0.2) is 79.0 Å². The van der Waals surface area contributed by atoms with Crippen molar-refractivity contribution in [3.8, 4) is 5.75 Å². The maximum atomic E-state index is 13.1. The molecule has 0 saturated heterocycles. The number of amides is 1. The molecular formula is C25H21N3O2. The monoisotopic (exact) mass is 395 g/mol. The molecule has 148 valence electrons. The minimum Gasteiger partial charge on any atom is -0.486 e. The van der Waals surface area contributed by atoms with E-state index in [0.717, 1.165) is 27.9 Å². The smallest absolute Gasteiger partial charge is 0.258 e. The number of ether oxygens (including phenoxy) is 1. The number of fused-ring (bicyclic) bond motifs is 2. The number of rotatable bonds is 6. The first kappa shape index (κ1) is 18.3. The fourth-order valence-electron chi connectivity index (χ4n) is 3.82. The van der Waals surface area contributed by atoms with E-state index in [9.17, 15) is 4.79 Å². The second kappa shape index (κ2) is 7.95. The van der Waals surface area contributed by atoms with Crippen LogP contribution in [0.2, 0.25) is 0 Å². The summed E-state index contributed by atoms with van der Waals surface area (Å²) in [6.07, 6.45) is 2.45. The number of hydrogen-bond acceptors (Lipinski definition) is 4. The molecule has 2 aromatic heterocycles. The molecule has 4 aromatic rings. The van der Waals surface area contributed by atoms with Gasteiger partial charge in [-0.25, -0.2) is 0 Å². The van der Waals surface area contributed by atoms with Crippen molar-refractivity contribution in [3.63, 3.8) is 0 Å². The van der Waals surface area contributed by atoms with E-state index in [-0.39, 0.29) is 5.91 Å². The third-order valence-corrected chi connectivity index (χ3v) is 5.37. The van der Waals surface area contributed by atoms with Gasteiger partial charge in [0.25, 0.3) is 5.91 Å². The molecule has 5 heteroatoms. The number of para-hydroxylation sites is 1. The minimum atomic E-state index is 0.0161. The first-order chi connectivity index (χ1) is 14.8. The van der Waals surface area contributed by atoms with Gasteiger partial charge in [-0.15, -0.1) is 0 Å². The Bertz CT molecular complexity index is 1210. The third kappa shape index (κ3) is 3.62. The third-order valence-electron chi connectivity index (χ3n) is 5.37. The lowest BCUT2D eigenvalue weighted by Gasteiger charge is -2.15. The highest BCUT2D eigenvalue weighted by Crippen LogP contribution is 2.31. The summed E-state index contributed by atoms with van der Waals surface area (Å²) in [6.45, 7) is 1.56. The highest BCUT2D eigenvalue weighted by molar-refractivity contribution is 6.01. The minimum absolute atomic E-state index is 0.0161. The van der Waals surface area contributed by atoms with E-state index in [1.165, 1.54) is 0 Å². The van der Waals surface area contributed by atoms with Crippen LogP contribution in [0.3, 0.4) is 0 Å². The molecule has 0 N–H and O–H groups in total. The Kier molecular flexibility index (Phi) is 4.85. The average molecular weight is 395 g/mol. The lowest BCUT2D eigenvalue weighted by molar-refractivity contribution is 0.0776. The number of pyridine rings is 2. The molecule has 0 unspecified atom stereocenters. The second-order valence-electron chi connectivity index (χ2n) is 7.37. The maximum absolute atomic E-state index is 13.1. The molecule has 1 amide bonds. The van der Waals surface area contributed by atoms with E-state index in [4.69, 9.17) is 9.72 Å². The molecule has 0 aliphatic carbocycles. The molecule has 0 spiro atoms. The fourth-order valence-corrected chi connectivity index (χ4v) is 3.82. The van der Waals surface area contributed by atoms with Crippen molar-refractivity contribution >= 4 is 16.8 Å². The van der Waals surface area contributed by atoms with E-state index < -0.39 is 0 Å². The van der Waals surface area contributed by atoms with E-state index in [1.54, 1.807) is 6.20 Å². The summed E-state index contributed by atoms with van der Waals surface area (Å²) in [5.41, 5.74) is 4.48. The van der Waals surface area contributed by atoms with Crippen LogP contribution in [0.5, 0.6) is 5.75 Å². The van der Waals surface area contributed by atoms with Gasteiger partial charge in [0.05, 0.1) is 16.8 Å². The molecule has 3 heterocycles. The van der Waals surface area contributed by atoms with E-state index in [1.807, 2.05) is 65.6 Å². The van der Waals surface area contributed by atoms with Gasteiger partial charge in [0.15, 0.2) is 0 Å². The van der Waals surface area contributed by atoms with Crippen LogP contribution in [0, 0.1) is 0 Å². The predicted octanol–water partition coefficient (Wildman–Crippen LogP) is 4.41. The summed E-state index contributed by atoms with van der Waals surface area (Å²) >= 11 is 0. The molecular weight excluding hydrogens is 374 g/mol. The average Bonchev–Trinajstić information content (AvgIpc) is 3.13. The van der Waals surface area contributed by atoms with Crippen LogP contribution < -0.4 is 4.74 Å². The summed E-state index contributed by atoms with van der Waals surface area (Å²) in [7, 11) is 0. The van der Waals surface area contributed by atoms with Gasteiger partial charge < -0.3 is 9.64 Å². The summed E-state index contributed by atoms with van der Waals surface area (Å²) < 4.78 is 5.94. The molecule has 0 bridgehead atoms. The molecule has 0 atom stereocenters. The highest BCUT2D eigenvalue weighted by atomic mass is 16.5. The van der Waals surface area contributed by atoms with Crippen molar-refractivity contribution in [1.82, 2.24) is 14.9 Å². The van der Waals surface area contributed by atoms with Gasteiger partial charge >= 0.3 is 0 Å². The Labute approximate surface area is 175 Å². The number of carbonyl (C=O) groups is 1. The van der Waals surface area contributed by atoms with E-state index in [2.05, 4.69) is 17.1 Å². The lowest BCUT2D eigenvalue weighted by atomic mass is 10.1. The lowest BCUT2D eigenvalue weighted by Crippen LogP contribution is -2.26. The van der Waals surface area contributed by atoms with Gasteiger partial charge in [0, 0.05) is 36.8 Å². The predicted molar refractivity (Wildman–Crippen MR) is 115 cm³/mol. The normalized spacial score (nSPS) is 12.9. The Hall–Kier alpha value is -3.73.